The van der Waals surface area contributed by atoms with Crippen LogP contribution in [0.5, 0.6) is 0 Å². The molecule has 0 fully saturated rings. The van der Waals surface area contributed by atoms with Crippen molar-refractivity contribution in [2.24, 2.45) is 5.92 Å². The highest BCUT2D eigenvalue weighted by atomic mass is 19.1. The maximum Gasteiger partial charge on any atom is 0.307 e. The Morgan fingerprint density at radius 1 is 1.19 bits per heavy atom. The van der Waals surface area contributed by atoms with Crippen LogP contribution in [-0.4, -0.2) is 29.1 Å². The molecular formula is C26H28FN3O2. The number of nitrogens with zero attached hydrogens (tertiary/aromatic N) is 1. The third kappa shape index (κ3) is 5.14. The number of aliphatic carboxylic acids is 1. The highest BCUT2D eigenvalue weighted by Crippen LogP contribution is 2.32. The standard InChI is InChI=1S/C26H28FN3O2/c1-17(19-9-10-22(27)20(12-19)14-25(31)32)15-30-26(18-6-3-2-4-7-18)21-13-24-23(29-16-21)8-5-11-28-24/h2-12,17,21,26,29-30H,13-16H2,1H3,(H,31,32)/t17-,21-,26-/m1/s1. The van der Waals surface area contributed by atoms with Crippen molar-refractivity contribution in [3.05, 3.63) is 95.1 Å². The lowest BCUT2D eigenvalue weighted by Gasteiger charge is -2.33. The molecule has 1 aliphatic heterocycles. The van der Waals surface area contributed by atoms with Crippen LogP contribution in [0.4, 0.5) is 10.1 Å². The number of carboxylic acid groups (broad SMARTS) is 1. The molecule has 3 aromatic rings. The second-order valence-corrected chi connectivity index (χ2v) is 8.46. The molecule has 0 unspecified atom stereocenters. The summed E-state index contributed by atoms with van der Waals surface area (Å²) in [6, 6.07) is 19.3. The summed E-state index contributed by atoms with van der Waals surface area (Å²) in [6.45, 7) is 3.60. The van der Waals surface area contributed by atoms with Gasteiger partial charge in [0.25, 0.3) is 0 Å². The van der Waals surface area contributed by atoms with Crippen LogP contribution in [0.2, 0.25) is 0 Å². The van der Waals surface area contributed by atoms with Gasteiger partial charge in [0.2, 0.25) is 0 Å². The fraction of sp³-hybridized carbons (Fsp3) is 0.308. The summed E-state index contributed by atoms with van der Waals surface area (Å²) in [4.78, 5) is 15.6. The van der Waals surface area contributed by atoms with E-state index >= 15 is 0 Å². The minimum Gasteiger partial charge on any atom is -0.481 e. The molecular weight excluding hydrogens is 405 g/mol. The number of anilines is 1. The quantitative estimate of drug-likeness (QED) is 0.485. The third-order valence-electron chi connectivity index (χ3n) is 6.16. The van der Waals surface area contributed by atoms with Gasteiger partial charge in [-0.2, -0.15) is 0 Å². The summed E-state index contributed by atoms with van der Waals surface area (Å²) in [5, 5.41) is 16.3. The van der Waals surface area contributed by atoms with E-state index in [0.29, 0.717) is 12.5 Å². The normalized spacial score (nSPS) is 17.1. The molecule has 0 bridgehead atoms. The van der Waals surface area contributed by atoms with Gasteiger partial charge in [0, 0.05) is 31.2 Å². The van der Waals surface area contributed by atoms with Gasteiger partial charge in [-0.1, -0.05) is 49.4 Å². The molecule has 1 aliphatic rings. The van der Waals surface area contributed by atoms with Gasteiger partial charge in [0.05, 0.1) is 17.8 Å². The molecule has 32 heavy (non-hydrogen) atoms. The van der Waals surface area contributed by atoms with E-state index in [-0.39, 0.29) is 23.9 Å². The van der Waals surface area contributed by atoms with E-state index in [1.54, 1.807) is 12.1 Å². The summed E-state index contributed by atoms with van der Waals surface area (Å²) in [5.74, 6) is -1.09. The largest absolute Gasteiger partial charge is 0.481 e. The Kier molecular flexibility index (Phi) is 6.81. The zero-order chi connectivity index (χ0) is 22.5. The van der Waals surface area contributed by atoms with E-state index in [0.717, 1.165) is 29.9 Å². The van der Waals surface area contributed by atoms with Gasteiger partial charge in [-0.25, -0.2) is 4.39 Å². The Balaban J connectivity index is 1.51. The first-order chi connectivity index (χ1) is 15.5. The van der Waals surface area contributed by atoms with E-state index in [9.17, 15) is 9.18 Å². The van der Waals surface area contributed by atoms with E-state index in [4.69, 9.17) is 5.11 Å². The minimum absolute atomic E-state index is 0.0938. The Morgan fingerprint density at radius 2 is 2.00 bits per heavy atom. The molecule has 0 spiro atoms. The minimum atomic E-state index is -1.03. The van der Waals surface area contributed by atoms with Crippen LogP contribution in [0.1, 0.15) is 41.3 Å². The summed E-state index contributed by atoms with van der Waals surface area (Å²) in [6.07, 6.45) is 2.40. The van der Waals surface area contributed by atoms with Crippen molar-refractivity contribution >= 4 is 11.7 Å². The van der Waals surface area contributed by atoms with Crippen LogP contribution in [0.15, 0.2) is 66.9 Å². The van der Waals surface area contributed by atoms with Crippen LogP contribution in [0, 0.1) is 11.7 Å². The zero-order valence-electron chi connectivity index (χ0n) is 18.1. The number of halogens is 1. The van der Waals surface area contributed by atoms with Crippen LogP contribution in [-0.2, 0) is 17.6 Å². The Bertz CT molecular complexity index is 1070. The monoisotopic (exact) mass is 433 g/mol. The second kappa shape index (κ2) is 9.92. The number of carboxylic acids is 1. The molecule has 6 heteroatoms. The van der Waals surface area contributed by atoms with E-state index in [2.05, 4.69) is 40.7 Å². The van der Waals surface area contributed by atoms with Gasteiger partial charge in [-0.15, -0.1) is 0 Å². The van der Waals surface area contributed by atoms with Crippen molar-refractivity contribution in [3.63, 3.8) is 0 Å². The smallest absolute Gasteiger partial charge is 0.307 e. The Labute approximate surface area is 187 Å². The van der Waals surface area contributed by atoms with Gasteiger partial charge < -0.3 is 15.7 Å². The van der Waals surface area contributed by atoms with Gasteiger partial charge in [0.15, 0.2) is 0 Å². The predicted molar refractivity (Wildman–Crippen MR) is 123 cm³/mol. The van der Waals surface area contributed by atoms with E-state index in [1.165, 1.54) is 11.6 Å². The molecule has 0 amide bonds. The highest BCUT2D eigenvalue weighted by molar-refractivity contribution is 5.70. The number of fused-ring (bicyclic) bond motifs is 1. The van der Waals surface area contributed by atoms with Crippen molar-refractivity contribution in [2.45, 2.75) is 31.7 Å². The molecule has 2 heterocycles. The van der Waals surface area contributed by atoms with Crippen LogP contribution >= 0.6 is 0 Å². The summed E-state index contributed by atoms with van der Waals surface area (Å²) >= 11 is 0. The lowest BCUT2D eigenvalue weighted by Crippen LogP contribution is -2.37. The topological polar surface area (TPSA) is 74.2 Å². The highest BCUT2D eigenvalue weighted by Gasteiger charge is 2.28. The first-order valence-corrected chi connectivity index (χ1v) is 11.0. The van der Waals surface area contributed by atoms with Gasteiger partial charge in [0.1, 0.15) is 5.82 Å². The first kappa shape index (κ1) is 22.0. The molecule has 0 aliphatic carbocycles. The van der Waals surface area contributed by atoms with Gasteiger partial charge in [-0.05, 0) is 47.2 Å². The van der Waals surface area contributed by atoms with Gasteiger partial charge in [-0.3, -0.25) is 9.78 Å². The number of aromatic nitrogens is 1. The SMILES string of the molecule is C[C@H](CN[C@H](c1ccccc1)[C@H]1CNc2cccnc2C1)c1ccc(F)c(CC(=O)O)c1. The summed E-state index contributed by atoms with van der Waals surface area (Å²) in [7, 11) is 0. The maximum absolute atomic E-state index is 14.0. The molecule has 0 radical (unpaired) electrons. The molecule has 3 N–H and O–H groups in total. The average Bonchev–Trinajstić information content (AvgIpc) is 2.81. The van der Waals surface area contributed by atoms with E-state index < -0.39 is 11.8 Å². The number of benzene rings is 2. The van der Waals surface area contributed by atoms with Crippen molar-refractivity contribution in [1.29, 1.82) is 0 Å². The molecule has 5 nitrogen and oxygen atoms in total. The number of rotatable bonds is 8. The molecule has 4 rings (SSSR count). The van der Waals surface area contributed by atoms with Crippen molar-refractivity contribution in [1.82, 2.24) is 10.3 Å². The molecule has 3 atom stereocenters. The van der Waals surface area contributed by atoms with Crippen molar-refractivity contribution in [2.75, 3.05) is 18.4 Å². The lowest BCUT2D eigenvalue weighted by molar-refractivity contribution is -0.136. The molecule has 166 valence electrons. The van der Waals surface area contributed by atoms with Crippen molar-refractivity contribution in [3.8, 4) is 0 Å². The molecule has 1 aromatic heterocycles. The fourth-order valence-electron chi connectivity index (χ4n) is 4.40. The Morgan fingerprint density at radius 3 is 2.78 bits per heavy atom. The number of carbonyl (C=O) groups is 1. The van der Waals surface area contributed by atoms with Crippen LogP contribution < -0.4 is 10.6 Å². The summed E-state index contributed by atoms with van der Waals surface area (Å²) in [5.41, 5.74) is 4.55. The Hall–Kier alpha value is -3.25. The van der Waals surface area contributed by atoms with Crippen molar-refractivity contribution < 1.29 is 14.3 Å². The number of hydrogen-bond acceptors (Lipinski definition) is 4. The predicted octanol–water partition coefficient (Wildman–Crippen LogP) is 4.57. The van der Waals surface area contributed by atoms with Gasteiger partial charge >= 0.3 is 5.97 Å². The molecule has 0 saturated carbocycles. The maximum atomic E-state index is 14.0. The molecule has 2 aromatic carbocycles. The van der Waals surface area contributed by atoms with Crippen LogP contribution in [0.25, 0.3) is 0 Å². The van der Waals surface area contributed by atoms with E-state index in [1.807, 2.05) is 30.5 Å². The fourth-order valence-corrected chi connectivity index (χ4v) is 4.40. The zero-order valence-corrected chi connectivity index (χ0v) is 18.1. The third-order valence-corrected chi connectivity index (χ3v) is 6.16. The average molecular weight is 434 g/mol. The second-order valence-electron chi connectivity index (χ2n) is 8.46. The number of nitrogens with one attached hydrogen (secondary N) is 2. The van der Waals surface area contributed by atoms with Crippen LogP contribution in [0.3, 0.4) is 0 Å². The lowest BCUT2D eigenvalue weighted by atomic mass is 9.86. The molecule has 0 saturated heterocycles. The summed E-state index contributed by atoms with van der Waals surface area (Å²) < 4.78 is 14.0. The number of pyridine rings is 1. The number of hydrogen-bond donors (Lipinski definition) is 3. The first-order valence-electron chi connectivity index (χ1n) is 11.0.